The maximum atomic E-state index is 13.2. The van der Waals surface area contributed by atoms with E-state index in [4.69, 9.17) is 4.74 Å². The van der Waals surface area contributed by atoms with Gasteiger partial charge in [-0.2, -0.15) is 0 Å². The molecule has 0 bridgehead atoms. The Morgan fingerprint density at radius 3 is 2.68 bits per heavy atom. The summed E-state index contributed by atoms with van der Waals surface area (Å²) in [6.45, 7) is 7.35. The van der Waals surface area contributed by atoms with Crippen LogP contribution in [0.2, 0.25) is 0 Å². The van der Waals surface area contributed by atoms with Crippen molar-refractivity contribution in [3.8, 4) is 5.75 Å². The van der Waals surface area contributed by atoms with Crippen LogP contribution in [0.5, 0.6) is 5.75 Å². The van der Waals surface area contributed by atoms with E-state index in [1.807, 2.05) is 6.92 Å². The van der Waals surface area contributed by atoms with Crippen molar-refractivity contribution in [2.45, 2.75) is 27.3 Å². The Labute approximate surface area is 117 Å². The van der Waals surface area contributed by atoms with Crippen LogP contribution in [0.15, 0.2) is 24.3 Å². The molecular weight excluding hydrogens is 261 g/mol. The van der Waals surface area contributed by atoms with Crippen LogP contribution in [-0.4, -0.2) is 6.61 Å². The van der Waals surface area contributed by atoms with Gasteiger partial charge in [-0.05, 0) is 44.5 Å². The fraction of sp³-hybridized carbons (Fsp3) is 0.333. The van der Waals surface area contributed by atoms with Crippen LogP contribution < -0.4 is 10.1 Å². The third-order valence-electron chi connectivity index (χ3n) is 2.86. The van der Waals surface area contributed by atoms with Gasteiger partial charge in [-0.25, -0.2) is 4.39 Å². The van der Waals surface area contributed by atoms with Crippen molar-refractivity contribution in [1.82, 2.24) is 0 Å². The Bertz CT molecular complexity index is 565. The molecule has 102 valence electrons. The van der Waals surface area contributed by atoms with Crippen molar-refractivity contribution in [3.63, 3.8) is 0 Å². The van der Waals surface area contributed by atoms with Gasteiger partial charge in [-0.15, -0.1) is 11.3 Å². The average Bonchev–Trinajstić information content (AvgIpc) is 2.67. The number of nitrogens with one attached hydrogen (secondary N) is 1. The van der Waals surface area contributed by atoms with E-state index < -0.39 is 0 Å². The molecule has 1 N–H and O–H groups in total. The summed E-state index contributed by atoms with van der Waals surface area (Å²) < 4.78 is 18.6. The first kappa shape index (κ1) is 13.9. The molecule has 0 saturated heterocycles. The standard InChI is InChI=1S/C15H18FNOS/c1-4-18-15-8-13(16)5-6-14(15)17-9-12-7-10(2)19-11(12)3/h5-8,17H,4,9H2,1-3H3. The topological polar surface area (TPSA) is 21.3 Å². The second kappa shape index (κ2) is 6.06. The van der Waals surface area contributed by atoms with Crippen LogP contribution in [0.4, 0.5) is 10.1 Å². The van der Waals surface area contributed by atoms with Crippen molar-refractivity contribution in [2.24, 2.45) is 0 Å². The van der Waals surface area contributed by atoms with E-state index in [2.05, 4.69) is 25.2 Å². The van der Waals surface area contributed by atoms with Gasteiger partial charge in [0.15, 0.2) is 0 Å². The predicted molar refractivity (Wildman–Crippen MR) is 78.7 cm³/mol. The molecule has 0 fully saturated rings. The van der Waals surface area contributed by atoms with Crippen LogP contribution in [0, 0.1) is 19.7 Å². The van der Waals surface area contributed by atoms with Gasteiger partial charge in [0, 0.05) is 22.4 Å². The maximum Gasteiger partial charge on any atom is 0.145 e. The van der Waals surface area contributed by atoms with Crippen LogP contribution in [-0.2, 0) is 6.54 Å². The molecule has 2 nitrogen and oxygen atoms in total. The highest BCUT2D eigenvalue weighted by molar-refractivity contribution is 7.12. The lowest BCUT2D eigenvalue weighted by atomic mass is 10.2. The molecule has 0 amide bonds. The van der Waals surface area contributed by atoms with Gasteiger partial charge < -0.3 is 10.1 Å². The molecule has 4 heteroatoms. The molecule has 0 atom stereocenters. The second-order valence-corrected chi connectivity index (χ2v) is 5.83. The van der Waals surface area contributed by atoms with E-state index in [0.29, 0.717) is 12.4 Å². The number of rotatable bonds is 5. The highest BCUT2D eigenvalue weighted by Gasteiger charge is 2.07. The minimum atomic E-state index is -0.281. The monoisotopic (exact) mass is 279 g/mol. The van der Waals surface area contributed by atoms with Crippen LogP contribution in [0.1, 0.15) is 22.2 Å². The molecule has 0 radical (unpaired) electrons. The summed E-state index contributed by atoms with van der Waals surface area (Å²) in [6, 6.07) is 6.75. The van der Waals surface area contributed by atoms with Gasteiger partial charge in [0.05, 0.1) is 12.3 Å². The van der Waals surface area contributed by atoms with Crippen LogP contribution >= 0.6 is 11.3 Å². The molecule has 1 aromatic heterocycles. The van der Waals surface area contributed by atoms with E-state index in [1.54, 1.807) is 17.4 Å². The van der Waals surface area contributed by atoms with E-state index in [1.165, 1.54) is 27.5 Å². The summed E-state index contributed by atoms with van der Waals surface area (Å²) in [4.78, 5) is 2.61. The highest BCUT2D eigenvalue weighted by Crippen LogP contribution is 2.27. The van der Waals surface area contributed by atoms with Gasteiger partial charge in [0.25, 0.3) is 0 Å². The third-order valence-corrected chi connectivity index (χ3v) is 3.86. The molecule has 0 aliphatic rings. The molecule has 0 saturated carbocycles. The third kappa shape index (κ3) is 3.47. The van der Waals surface area contributed by atoms with Crippen molar-refractivity contribution < 1.29 is 9.13 Å². The second-order valence-electron chi connectivity index (χ2n) is 4.37. The fourth-order valence-corrected chi connectivity index (χ4v) is 2.91. The van der Waals surface area contributed by atoms with Crippen LogP contribution in [0.3, 0.4) is 0 Å². The average molecular weight is 279 g/mol. The van der Waals surface area contributed by atoms with E-state index in [0.717, 1.165) is 12.2 Å². The summed E-state index contributed by atoms with van der Waals surface area (Å²) in [7, 11) is 0. The molecule has 0 aliphatic heterocycles. The van der Waals surface area contributed by atoms with E-state index in [9.17, 15) is 4.39 Å². The van der Waals surface area contributed by atoms with Gasteiger partial charge >= 0.3 is 0 Å². The Morgan fingerprint density at radius 2 is 2.05 bits per heavy atom. The first-order valence-corrected chi connectivity index (χ1v) is 7.14. The lowest BCUT2D eigenvalue weighted by Gasteiger charge is -2.12. The Balaban J connectivity index is 2.12. The lowest BCUT2D eigenvalue weighted by Crippen LogP contribution is -2.03. The summed E-state index contributed by atoms with van der Waals surface area (Å²) in [5.41, 5.74) is 2.10. The molecule has 1 aromatic carbocycles. The van der Waals surface area contributed by atoms with Crippen molar-refractivity contribution in [2.75, 3.05) is 11.9 Å². The summed E-state index contributed by atoms with van der Waals surface area (Å²) in [5, 5.41) is 3.31. The predicted octanol–water partition coefficient (Wildman–Crippen LogP) is 4.51. The zero-order valence-corrected chi connectivity index (χ0v) is 12.2. The highest BCUT2D eigenvalue weighted by atomic mass is 32.1. The van der Waals surface area contributed by atoms with Gasteiger partial charge in [0.1, 0.15) is 11.6 Å². The summed E-state index contributed by atoms with van der Waals surface area (Å²) in [6.07, 6.45) is 0. The number of hydrogen-bond acceptors (Lipinski definition) is 3. The van der Waals surface area contributed by atoms with Crippen LogP contribution in [0.25, 0.3) is 0 Å². The number of halogens is 1. The normalized spacial score (nSPS) is 10.5. The Hall–Kier alpha value is -1.55. The van der Waals surface area contributed by atoms with Crippen molar-refractivity contribution in [1.29, 1.82) is 0 Å². The van der Waals surface area contributed by atoms with Crippen molar-refractivity contribution >= 4 is 17.0 Å². The number of benzene rings is 1. The number of aryl methyl sites for hydroxylation is 2. The Kier molecular flexibility index (Phi) is 4.43. The zero-order chi connectivity index (χ0) is 13.8. The lowest BCUT2D eigenvalue weighted by molar-refractivity contribution is 0.340. The fourth-order valence-electron chi connectivity index (χ4n) is 1.97. The summed E-state index contributed by atoms with van der Waals surface area (Å²) >= 11 is 1.79. The molecular formula is C15H18FNOS. The molecule has 2 rings (SSSR count). The largest absolute Gasteiger partial charge is 0.492 e. The van der Waals surface area contributed by atoms with Gasteiger partial charge in [-0.1, -0.05) is 0 Å². The molecule has 0 aliphatic carbocycles. The molecule has 2 aromatic rings. The maximum absolute atomic E-state index is 13.2. The molecule has 19 heavy (non-hydrogen) atoms. The summed E-state index contributed by atoms with van der Waals surface area (Å²) in [5.74, 6) is 0.281. The van der Waals surface area contributed by atoms with E-state index in [-0.39, 0.29) is 5.82 Å². The number of anilines is 1. The smallest absolute Gasteiger partial charge is 0.145 e. The van der Waals surface area contributed by atoms with E-state index >= 15 is 0 Å². The Morgan fingerprint density at radius 1 is 1.26 bits per heavy atom. The number of hydrogen-bond donors (Lipinski definition) is 1. The van der Waals surface area contributed by atoms with Gasteiger partial charge in [0.2, 0.25) is 0 Å². The first-order chi connectivity index (χ1) is 9.10. The molecule has 0 unspecified atom stereocenters. The molecule has 0 spiro atoms. The zero-order valence-electron chi connectivity index (χ0n) is 11.4. The SMILES string of the molecule is CCOc1cc(F)ccc1NCc1cc(C)sc1C. The van der Waals surface area contributed by atoms with Gasteiger partial charge in [-0.3, -0.25) is 0 Å². The molecule has 1 heterocycles. The quantitative estimate of drug-likeness (QED) is 0.869. The minimum Gasteiger partial charge on any atom is -0.492 e. The first-order valence-electron chi connectivity index (χ1n) is 6.32. The minimum absolute atomic E-state index is 0.281. The van der Waals surface area contributed by atoms with Crippen molar-refractivity contribution in [3.05, 3.63) is 45.4 Å². The number of thiophene rings is 1. The number of ether oxygens (including phenoxy) is 1.